The van der Waals surface area contributed by atoms with Gasteiger partial charge in [-0.25, -0.2) is 0 Å². The van der Waals surface area contributed by atoms with Crippen LogP contribution in [0.4, 0.5) is 0 Å². The van der Waals surface area contributed by atoms with E-state index in [1.807, 2.05) is 0 Å². The summed E-state index contributed by atoms with van der Waals surface area (Å²) in [6.45, 7) is 17.0. The molecule has 4 fully saturated rings. The van der Waals surface area contributed by atoms with E-state index in [1.54, 1.807) is 6.42 Å². The lowest BCUT2D eigenvalue weighted by Crippen LogP contribution is -2.56. The molecule has 4 saturated carbocycles. The summed E-state index contributed by atoms with van der Waals surface area (Å²) < 4.78 is 0. The van der Waals surface area contributed by atoms with Crippen LogP contribution >= 0.6 is 9.24 Å². The van der Waals surface area contributed by atoms with Crippen LogP contribution in [0.15, 0.2) is 12.2 Å². The summed E-state index contributed by atoms with van der Waals surface area (Å²) in [5, 5.41) is 0. The first-order valence-corrected chi connectivity index (χ1v) is 14.4. The number of allylic oxidation sites excluding steroid dienone is 1. The number of hydrogen-bond donors (Lipinski definition) is 0. The average molecular weight is 431 g/mol. The van der Waals surface area contributed by atoms with Crippen molar-refractivity contribution in [3.63, 3.8) is 0 Å². The van der Waals surface area contributed by atoms with Gasteiger partial charge in [0.05, 0.1) is 0 Å². The molecule has 0 aliphatic heterocycles. The van der Waals surface area contributed by atoms with Crippen LogP contribution in [0.2, 0.25) is 0 Å². The van der Waals surface area contributed by atoms with E-state index in [9.17, 15) is 0 Å². The molecule has 0 saturated heterocycles. The second-order valence-electron chi connectivity index (χ2n) is 13.0. The van der Waals surface area contributed by atoms with Crippen LogP contribution in [-0.2, 0) is 0 Å². The highest BCUT2D eigenvalue weighted by Gasteiger charge is 2.62. The molecule has 4 aliphatic carbocycles. The highest BCUT2D eigenvalue weighted by molar-refractivity contribution is 7.16. The first kappa shape index (κ1) is 23.3. The van der Waals surface area contributed by atoms with Crippen LogP contribution in [0.25, 0.3) is 0 Å². The quantitative estimate of drug-likeness (QED) is 0.292. The first-order valence-electron chi connectivity index (χ1n) is 13.6. The van der Waals surface area contributed by atoms with Gasteiger partial charge in [-0.1, -0.05) is 39.7 Å². The molecule has 0 nitrogen and oxygen atoms in total. The summed E-state index contributed by atoms with van der Waals surface area (Å²) in [6.07, 6.45) is 17.6. The van der Waals surface area contributed by atoms with E-state index in [2.05, 4.69) is 50.4 Å². The minimum absolute atomic E-state index is 0.615. The zero-order valence-corrected chi connectivity index (χ0v) is 22.0. The molecule has 30 heavy (non-hydrogen) atoms. The normalized spacial score (nSPS) is 49.1. The summed E-state index contributed by atoms with van der Waals surface area (Å²) >= 11 is 0. The summed E-state index contributed by atoms with van der Waals surface area (Å²) in [5.41, 5.74) is 2.64. The molecule has 4 aliphatic rings. The third-order valence-electron chi connectivity index (χ3n) is 11.6. The van der Waals surface area contributed by atoms with Crippen LogP contribution in [0.3, 0.4) is 0 Å². The van der Waals surface area contributed by atoms with Gasteiger partial charge in [-0.2, -0.15) is 0 Å². The Morgan fingerprint density at radius 3 is 2.40 bits per heavy atom. The molecule has 4 rings (SSSR count). The van der Waals surface area contributed by atoms with Crippen LogP contribution in [0.1, 0.15) is 105 Å². The van der Waals surface area contributed by atoms with Gasteiger partial charge in [-0.05, 0) is 135 Å². The zero-order chi connectivity index (χ0) is 21.7. The molecule has 0 aromatic carbocycles. The molecule has 11 unspecified atom stereocenters. The van der Waals surface area contributed by atoms with E-state index in [0.717, 1.165) is 47.3 Å². The molecule has 172 valence electrons. The van der Waals surface area contributed by atoms with Gasteiger partial charge in [0.2, 0.25) is 0 Å². The fraction of sp³-hybridized carbons (Fsp3) is 0.931. The van der Waals surface area contributed by atoms with Crippen molar-refractivity contribution < 1.29 is 0 Å². The van der Waals surface area contributed by atoms with Crippen molar-refractivity contribution in [2.75, 3.05) is 6.16 Å². The fourth-order valence-electron chi connectivity index (χ4n) is 9.81. The Balaban J connectivity index is 1.57. The maximum Gasteiger partial charge on any atom is -0.0264 e. The van der Waals surface area contributed by atoms with E-state index >= 15 is 0 Å². The topological polar surface area (TPSA) is 0 Å². The maximum atomic E-state index is 4.18. The molecule has 0 aromatic heterocycles. The van der Waals surface area contributed by atoms with E-state index < -0.39 is 0 Å². The van der Waals surface area contributed by atoms with Gasteiger partial charge in [0.25, 0.3) is 0 Å². The molecule has 0 radical (unpaired) electrons. The third-order valence-corrected chi connectivity index (χ3v) is 12.3. The molecule has 0 aromatic rings. The lowest BCUT2D eigenvalue weighted by molar-refractivity contribution is -0.146. The first-order chi connectivity index (χ1) is 14.2. The molecule has 0 spiro atoms. The minimum atomic E-state index is 0.615. The van der Waals surface area contributed by atoms with E-state index in [1.165, 1.54) is 75.9 Å². The molecule has 0 bridgehead atoms. The van der Waals surface area contributed by atoms with Gasteiger partial charge in [-0.3, -0.25) is 0 Å². The smallest absolute Gasteiger partial charge is 0.0264 e. The zero-order valence-electron chi connectivity index (χ0n) is 20.9. The van der Waals surface area contributed by atoms with Crippen molar-refractivity contribution >= 4 is 9.24 Å². The Bertz CT molecular complexity index is 624. The lowest BCUT2D eigenvalue weighted by Gasteiger charge is -2.64. The molecule has 0 heterocycles. The van der Waals surface area contributed by atoms with Gasteiger partial charge in [0, 0.05) is 0 Å². The standard InChI is InChI=1S/C29H51P/c1-7-22-17-23-16-21(18-30)12-14-28(23,5)26-13-15-29(6)24(10-11-25(29)27(22)26)20(4)9-8-19(2)3/h20-27H,2,7-18,30H2,1,3-6H3. The van der Waals surface area contributed by atoms with Gasteiger partial charge < -0.3 is 0 Å². The molecule has 0 amide bonds. The molecule has 11 atom stereocenters. The van der Waals surface area contributed by atoms with Crippen molar-refractivity contribution in [1.82, 2.24) is 0 Å². The number of hydrogen-bond acceptors (Lipinski definition) is 0. The van der Waals surface area contributed by atoms with E-state index in [-0.39, 0.29) is 0 Å². The van der Waals surface area contributed by atoms with Crippen molar-refractivity contribution in [1.29, 1.82) is 0 Å². The monoisotopic (exact) mass is 430 g/mol. The number of rotatable bonds is 6. The third kappa shape index (κ3) is 3.78. The summed E-state index contributed by atoms with van der Waals surface area (Å²) in [7, 11) is 3.06. The Kier molecular flexibility index (Phi) is 6.88. The predicted octanol–water partition coefficient (Wildman–Crippen LogP) is 8.77. The molecular formula is C29H51P. The Hall–Kier alpha value is 0.170. The highest BCUT2D eigenvalue weighted by Crippen LogP contribution is 2.70. The maximum absolute atomic E-state index is 4.18. The summed E-state index contributed by atoms with van der Waals surface area (Å²) in [6, 6.07) is 0. The average Bonchev–Trinajstić information content (AvgIpc) is 3.08. The SMILES string of the molecule is C=C(C)CCC(C)C1CCC2C3C(CC)CC4CC(CP)CCC4(C)C3CCC12C. The Morgan fingerprint density at radius 1 is 1.03 bits per heavy atom. The summed E-state index contributed by atoms with van der Waals surface area (Å²) in [4.78, 5) is 0. The van der Waals surface area contributed by atoms with Crippen molar-refractivity contribution in [2.45, 2.75) is 105 Å². The Labute approximate surface area is 191 Å². The van der Waals surface area contributed by atoms with Gasteiger partial charge in [-0.15, -0.1) is 15.8 Å². The van der Waals surface area contributed by atoms with Crippen LogP contribution in [0, 0.1) is 58.2 Å². The lowest BCUT2D eigenvalue weighted by atomic mass is 9.41. The fourth-order valence-corrected chi connectivity index (χ4v) is 10.2. The predicted molar refractivity (Wildman–Crippen MR) is 136 cm³/mol. The number of fused-ring (bicyclic) bond motifs is 5. The van der Waals surface area contributed by atoms with E-state index in [0.29, 0.717) is 10.8 Å². The molecule has 0 N–H and O–H groups in total. The molecular weight excluding hydrogens is 379 g/mol. The Morgan fingerprint density at radius 2 is 1.73 bits per heavy atom. The van der Waals surface area contributed by atoms with Crippen LogP contribution in [-0.4, -0.2) is 6.16 Å². The summed E-state index contributed by atoms with van der Waals surface area (Å²) in [5.74, 6) is 7.90. The van der Waals surface area contributed by atoms with Gasteiger partial charge >= 0.3 is 0 Å². The second kappa shape index (κ2) is 8.84. The van der Waals surface area contributed by atoms with Crippen molar-refractivity contribution in [2.24, 2.45) is 58.2 Å². The highest BCUT2D eigenvalue weighted by atomic mass is 31.0. The van der Waals surface area contributed by atoms with Crippen molar-refractivity contribution in [3.8, 4) is 0 Å². The largest absolute Gasteiger partial charge is 0.137 e. The van der Waals surface area contributed by atoms with Crippen molar-refractivity contribution in [3.05, 3.63) is 12.2 Å². The van der Waals surface area contributed by atoms with E-state index in [4.69, 9.17) is 0 Å². The molecule has 1 heteroatoms. The van der Waals surface area contributed by atoms with Gasteiger partial charge in [0.15, 0.2) is 0 Å². The van der Waals surface area contributed by atoms with Crippen LogP contribution < -0.4 is 0 Å². The van der Waals surface area contributed by atoms with Crippen LogP contribution in [0.5, 0.6) is 0 Å². The second-order valence-corrected chi connectivity index (χ2v) is 13.4. The minimum Gasteiger partial charge on any atom is -0.137 e. The van der Waals surface area contributed by atoms with Gasteiger partial charge in [0.1, 0.15) is 0 Å².